The molecule has 0 aliphatic carbocycles. The van der Waals surface area contributed by atoms with Gasteiger partial charge in [-0.2, -0.15) is 4.31 Å². The molecule has 2 atom stereocenters. The van der Waals surface area contributed by atoms with E-state index >= 15 is 0 Å². The van der Waals surface area contributed by atoms with Crippen molar-refractivity contribution in [1.82, 2.24) is 4.31 Å². The minimum Gasteiger partial charge on any atom is -0.495 e. The number of β-amino-alcohol motifs (C(OH)–C–C–N with tert-alkyl or cyclic N) is 1. The van der Waals surface area contributed by atoms with E-state index < -0.39 is 16.1 Å². The predicted molar refractivity (Wildman–Crippen MR) is 76.6 cm³/mol. The lowest BCUT2D eigenvalue weighted by Gasteiger charge is -2.33. The number of ether oxygens (including phenoxy) is 1. The molecule has 7 heteroatoms. The molecule has 0 radical (unpaired) electrons. The van der Waals surface area contributed by atoms with Crippen LogP contribution < -0.4 is 4.74 Å². The van der Waals surface area contributed by atoms with Crippen LogP contribution >= 0.6 is 11.6 Å². The second-order valence-corrected chi connectivity index (χ2v) is 7.33. The molecule has 1 aromatic carbocycles. The lowest BCUT2D eigenvalue weighted by molar-refractivity contribution is 0.0604. The number of nitrogens with zero attached hydrogens (tertiary/aromatic N) is 1. The van der Waals surface area contributed by atoms with E-state index in [0.717, 1.165) is 0 Å². The number of hydrogen-bond acceptors (Lipinski definition) is 4. The highest BCUT2D eigenvalue weighted by Gasteiger charge is 2.34. The van der Waals surface area contributed by atoms with Gasteiger partial charge in [0.25, 0.3) is 0 Å². The zero-order valence-electron chi connectivity index (χ0n) is 11.4. The van der Waals surface area contributed by atoms with Gasteiger partial charge in [-0.1, -0.05) is 18.5 Å². The van der Waals surface area contributed by atoms with E-state index in [0.29, 0.717) is 18.0 Å². The largest absolute Gasteiger partial charge is 0.495 e. The van der Waals surface area contributed by atoms with E-state index in [-0.39, 0.29) is 23.1 Å². The van der Waals surface area contributed by atoms with Crippen molar-refractivity contribution < 1.29 is 18.3 Å². The number of aliphatic hydroxyl groups excluding tert-OH is 1. The van der Waals surface area contributed by atoms with E-state index in [1.165, 1.54) is 29.6 Å². The maximum absolute atomic E-state index is 12.6. The lowest BCUT2D eigenvalue weighted by Crippen LogP contribution is -2.45. The molecule has 1 fully saturated rings. The highest BCUT2D eigenvalue weighted by Crippen LogP contribution is 2.31. The molecule has 1 aliphatic rings. The maximum atomic E-state index is 12.6. The third kappa shape index (κ3) is 2.93. The van der Waals surface area contributed by atoms with E-state index in [1.807, 2.05) is 6.92 Å². The molecule has 1 aromatic rings. The number of piperidine rings is 1. The number of rotatable bonds is 3. The van der Waals surface area contributed by atoms with Gasteiger partial charge < -0.3 is 9.84 Å². The number of aliphatic hydroxyl groups is 1. The number of sulfonamides is 1. The van der Waals surface area contributed by atoms with Gasteiger partial charge in [-0.25, -0.2) is 8.42 Å². The summed E-state index contributed by atoms with van der Waals surface area (Å²) in [6, 6.07) is 4.41. The molecule has 1 heterocycles. The van der Waals surface area contributed by atoms with Crippen molar-refractivity contribution in [2.75, 3.05) is 20.2 Å². The van der Waals surface area contributed by atoms with E-state index in [9.17, 15) is 13.5 Å². The first-order chi connectivity index (χ1) is 9.36. The van der Waals surface area contributed by atoms with Gasteiger partial charge in [0.15, 0.2) is 0 Å². The number of methoxy groups -OCH3 is 1. The van der Waals surface area contributed by atoms with Crippen molar-refractivity contribution in [3.05, 3.63) is 23.2 Å². The van der Waals surface area contributed by atoms with Crippen molar-refractivity contribution in [3.8, 4) is 5.75 Å². The Morgan fingerprint density at radius 2 is 2.15 bits per heavy atom. The van der Waals surface area contributed by atoms with Crippen molar-refractivity contribution in [1.29, 1.82) is 0 Å². The van der Waals surface area contributed by atoms with Gasteiger partial charge in [0.2, 0.25) is 10.0 Å². The van der Waals surface area contributed by atoms with E-state index in [2.05, 4.69) is 0 Å². The molecule has 0 spiro atoms. The SMILES string of the molecule is COc1cc(Cl)ccc1S(=O)(=O)N1CCC(C)C(O)C1. The van der Waals surface area contributed by atoms with Crippen molar-refractivity contribution in [3.63, 3.8) is 0 Å². The monoisotopic (exact) mass is 319 g/mol. The lowest BCUT2D eigenvalue weighted by atomic mass is 9.98. The Morgan fingerprint density at radius 3 is 2.75 bits per heavy atom. The summed E-state index contributed by atoms with van der Waals surface area (Å²) in [5, 5.41) is 10.3. The van der Waals surface area contributed by atoms with Crippen LogP contribution in [0.1, 0.15) is 13.3 Å². The van der Waals surface area contributed by atoms with Crippen LogP contribution in [0.15, 0.2) is 23.1 Å². The summed E-state index contributed by atoms with van der Waals surface area (Å²) in [4.78, 5) is 0.0751. The fourth-order valence-electron chi connectivity index (χ4n) is 2.23. The second kappa shape index (κ2) is 5.89. The van der Waals surface area contributed by atoms with Crippen LogP contribution in [-0.4, -0.2) is 44.1 Å². The zero-order chi connectivity index (χ0) is 14.9. The summed E-state index contributed by atoms with van der Waals surface area (Å²) in [6.07, 6.45) is -0.00661. The van der Waals surface area contributed by atoms with Crippen molar-refractivity contribution >= 4 is 21.6 Å². The molecule has 0 bridgehead atoms. The molecular formula is C13H18ClNO4S. The first-order valence-corrected chi connectivity index (χ1v) is 8.20. The molecular weight excluding hydrogens is 302 g/mol. The smallest absolute Gasteiger partial charge is 0.246 e. The maximum Gasteiger partial charge on any atom is 0.246 e. The Hall–Kier alpha value is -0.820. The molecule has 1 aliphatic heterocycles. The Bertz CT molecular complexity index is 590. The van der Waals surface area contributed by atoms with Gasteiger partial charge in [-0.05, 0) is 24.5 Å². The van der Waals surface area contributed by atoms with Crippen LogP contribution in [0.2, 0.25) is 5.02 Å². The summed E-state index contributed by atoms with van der Waals surface area (Å²) >= 11 is 5.85. The first kappa shape index (κ1) is 15.6. The van der Waals surface area contributed by atoms with Gasteiger partial charge in [-0.3, -0.25) is 0 Å². The van der Waals surface area contributed by atoms with Gasteiger partial charge in [0.05, 0.1) is 13.2 Å². The molecule has 0 saturated carbocycles. The molecule has 1 saturated heterocycles. The summed E-state index contributed by atoms with van der Waals surface area (Å²) in [5.74, 6) is 0.319. The average molecular weight is 320 g/mol. The summed E-state index contributed by atoms with van der Waals surface area (Å²) in [7, 11) is -2.29. The van der Waals surface area contributed by atoms with Gasteiger partial charge in [0.1, 0.15) is 10.6 Å². The van der Waals surface area contributed by atoms with Gasteiger partial charge in [-0.15, -0.1) is 0 Å². The van der Waals surface area contributed by atoms with Crippen LogP contribution in [0.5, 0.6) is 5.75 Å². The molecule has 2 unspecified atom stereocenters. The Balaban J connectivity index is 2.36. The Morgan fingerprint density at radius 1 is 1.45 bits per heavy atom. The van der Waals surface area contributed by atoms with Crippen LogP contribution in [0.4, 0.5) is 0 Å². The molecule has 112 valence electrons. The fraction of sp³-hybridized carbons (Fsp3) is 0.538. The standard InChI is InChI=1S/C13H18ClNO4S/c1-9-5-6-15(8-11(9)16)20(17,18)13-4-3-10(14)7-12(13)19-2/h3-4,7,9,11,16H,5-6,8H2,1-2H3. The first-order valence-electron chi connectivity index (χ1n) is 6.38. The number of benzene rings is 1. The molecule has 5 nitrogen and oxygen atoms in total. The molecule has 0 aromatic heterocycles. The molecule has 0 amide bonds. The summed E-state index contributed by atoms with van der Waals surface area (Å²) in [6.45, 7) is 2.42. The van der Waals surface area contributed by atoms with E-state index in [1.54, 1.807) is 0 Å². The van der Waals surface area contributed by atoms with Crippen LogP contribution in [-0.2, 0) is 10.0 Å². The quantitative estimate of drug-likeness (QED) is 0.921. The third-order valence-electron chi connectivity index (χ3n) is 3.62. The fourth-order valence-corrected chi connectivity index (χ4v) is 4.00. The molecule has 1 N–H and O–H groups in total. The van der Waals surface area contributed by atoms with E-state index in [4.69, 9.17) is 16.3 Å². The minimum atomic E-state index is -3.69. The third-order valence-corrected chi connectivity index (χ3v) is 5.76. The summed E-state index contributed by atoms with van der Waals surface area (Å²) < 4.78 is 31.6. The topological polar surface area (TPSA) is 66.8 Å². The van der Waals surface area contributed by atoms with Gasteiger partial charge >= 0.3 is 0 Å². The number of halogens is 1. The Labute approximate surface area is 124 Å². The highest BCUT2D eigenvalue weighted by molar-refractivity contribution is 7.89. The van der Waals surface area contributed by atoms with Crippen molar-refractivity contribution in [2.45, 2.75) is 24.3 Å². The van der Waals surface area contributed by atoms with Crippen molar-refractivity contribution in [2.24, 2.45) is 5.92 Å². The van der Waals surface area contributed by atoms with Crippen LogP contribution in [0, 0.1) is 5.92 Å². The molecule has 20 heavy (non-hydrogen) atoms. The van der Waals surface area contributed by atoms with Crippen LogP contribution in [0.3, 0.4) is 0 Å². The number of hydrogen-bond donors (Lipinski definition) is 1. The minimum absolute atomic E-state index is 0.0751. The normalized spacial score (nSPS) is 24.6. The summed E-state index contributed by atoms with van der Waals surface area (Å²) in [5.41, 5.74) is 0. The average Bonchev–Trinajstić information content (AvgIpc) is 2.41. The van der Waals surface area contributed by atoms with Crippen LogP contribution in [0.25, 0.3) is 0 Å². The zero-order valence-corrected chi connectivity index (χ0v) is 13.0. The van der Waals surface area contributed by atoms with Gasteiger partial charge in [0, 0.05) is 24.2 Å². The molecule has 2 rings (SSSR count). The highest BCUT2D eigenvalue weighted by atomic mass is 35.5. The second-order valence-electron chi connectivity index (χ2n) is 4.99. The predicted octanol–water partition coefficient (Wildman–Crippen LogP) is 1.74. The Kier molecular flexibility index (Phi) is 4.59.